The van der Waals surface area contributed by atoms with Gasteiger partial charge in [0.2, 0.25) is 0 Å². The van der Waals surface area contributed by atoms with Crippen molar-refractivity contribution in [2.24, 2.45) is 0 Å². The first-order valence-corrected chi connectivity index (χ1v) is 46.1. The summed E-state index contributed by atoms with van der Waals surface area (Å²) in [4.78, 5) is 61.6. The van der Waals surface area contributed by atoms with Crippen LogP contribution in [0.1, 0.15) is 0 Å². The Kier molecular flexibility index (Phi) is 20.6. The largest absolute Gasteiger partial charge is 0.255 e. The average molecular weight is 1760 g/mol. The van der Waals surface area contributed by atoms with E-state index in [1.54, 1.807) is 0 Å². The standard InChI is InChI=1S/C126H78N12/c1-7-25-91-67-97(55-37-79(91)19-1)118-130-119(98-56-38-80-20-2-8-26-92(80)68-98)134-124(133-118)103-61-64-115(127-76-103)88-49-43-85(44-50-88)109-31-13-16-34-112(109)106-73-107(113-35-17-14-32-110(113)86-45-51-89(52-46-86)116-65-62-104(77-128-116)125-135-120(99-57-39-81-21-3-9-27-93(81)69-99)131-121(136-125)100-58-40-82-22-4-10-28-94(82)70-100)75-108(74-106)114-36-18-15-33-111(114)87-47-53-90(54-48-87)117-66-63-105(78-129-117)126-137-122(101-59-41-83-23-5-11-29-95(83)71-101)132-123(138-126)102-60-42-84-24-6-12-30-96(84)72-102/h1-78H. The second kappa shape index (κ2) is 35.1. The fraction of sp³-hybridized carbons (Fsp3) is 0. The highest BCUT2D eigenvalue weighted by Gasteiger charge is 2.23. The highest BCUT2D eigenvalue weighted by Crippen LogP contribution is 2.45. The van der Waals surface area contributed by atoms with Crippen LogP contribution in [-0.4, -0.2) is 59.8 Å². The summed E-state index contributed by atoms with van der Waals surface area (Å²) < 4.78 is 0. The molecule has 642 valence electrons. The van der Waals surface area contributed by atoms with E-state index in [0.29, 0.717) is 52.4 Å². The Hall–Kier alpha value is -18.8. The van der Waals surface area contributed by atoms with Crippen LogP contribution in [0.5, 0.6) is 0 Å². The van der Waals surface area contributed by atoms with Crippen LogP contribution < -0.4 is 0 Å². The maximum absolute atomic E-state index is 5.15. The molecule has 25 rings (SSSR count). The van der Waals surface area contributed by atoms with Crippen molar-refractivity contribution in [3.63, 3.8) is 0 Å². The summed E-state index contributed by atoms with van der Waals surface area (Å²) in [5.41, 5.74) is 26.0. The lowest BCUT2D eigenvalue weighted by molar-refractivity contribution is 1.07. The summed E-state index contributed by atoms with van der Waals surface area (Å²) >= 11 is 0. The molecule has 0 saturated carbocycles. The molecule has 12 heteroatoms. The molecular weight excluding hydrogens is 1680 g/mol. The number of benzene rings is 19. The lowest BCUT2D eigenvalue weighted by atomic mass is 9.86. The van der Waals surface area contributed by atoms with E-state index >= 15 is 0 Å². The molecule has 0 radical (unpaired) electrons. The van der Waals surface area contributed by atoms with Crippen LogP contribution in [0.15, 0.2) is 474 Å². The predicted octanol–water partition coefficient (Wildman–Crippen LogP) is 31.4. The van der Waals surface area contributed by atoms with Gasteiger partial charge in [0.1, 0.15) is 0 Å². The molecule has 0 saturated heterocycles. The van der Waals surface area contributed by atoms with Crippen molar-refractivity contribution in [2.75, 3.05) is 0 Å². The van der Waals surface area contributed by atoms with Crippen molar-refractivity contribution < 1.29 is 0 Å². The van der Waals surface area contributed by atoms with E-state index < -0.39 is 0 Å². The fourth-order valence-corrected chi connectivity index (χ4v) is 18.9. The van der Waals surface area contributed by atoms with E-state index in [2.05, 4.69) is 455 Å². The molecule has 0 aliphatic heterocycles. The van der Waals surface area contributed by atoms with Gasteiger partial charge in [0.05, 0.1) is 17.1 Å². The van der Waals surface area contributed by atoms with Crippen LogP contribution >= 0.6 is 0 Å². The normalized spacial score (nSPS) is 11.5. The third-order valence-corrected chi connectivity index (χ3v) is 26.1. The zero-order valence-corrected chi connectivity index (χ0v) is 74.4. The Morgan fingerprint density at radius 3 is 0.442 bits per heavy atom. The van der Waals surface area contributed by atoms with Crippen molar-refractivity contribution in [1.29, 1.82) is 0 Å². The van der Waals surface area contributed by atoms with Gasteiger partial charge in [0, 0.05) is 85.4 Å². The summed E-state index contributed by atoms with van der Waals surface area (Å²) in [6.45, 7) is 0. The molecule has 0 aliphatic carbocycles. The summed E-state index contributed by atoms with van der Waals surface area (Å²) in [5.74, 6) is 5.13. The number of aromatic nitrogens is 12. The van der Waals surface area contributed by atoms with E-state index in [4.69, 9.17) is 59.8 Å². The van der Waals surface area contributed by atoms with Gasteiger partial charge < -0.3 is 0 Å². The van der Waals surface area contributed by atoms with Crippen molar-refractivity contribution in [3.05, 3.63) is 474 Å². The van der Waals surface area contributed by atoms with Gasteiger partial charge in [-0.3, -0.25) is 15.0 Å². The molecule has 6 aromatic heterocycles. The minimum Gasteiger partial charge on any atom is -0.255 e. The molecular formula is C126H78N12. The van der Waals surface area contributed by atoms with Gasteiger partial charge in [-0.1, -0.05) is 364 Å². The molecule has 0 spiro atoms. The van der Waals surface area contributed by atoms with E-state index in [1.807, 2.05) is 18.6 Å². The maximum atomic E-state index is 5.15. The van der Waals surface area contributed by atoms with Crippen LogP contribution in [0.4, 0.5) is 0 Å². The summed E-state index contributed by atoms with van der Waals surface area (Å²) in [7, 11) is 0. The van der Waals surface area contributed by atoms with Crippen LogP contribution in [-0.2, 0) is 0 Å². The van der Waals surface area contributed by atoms with Gasteiger partial charge >= 0.3 is 0 Å². The Bertz CT molecular complexity index is 7920. The SMILES string of the molecule is c1ccc(-c2cc(-c3ccccc3-c3ccc(-c4ccc(-c5nc(-c6ccc7ccccc7c6)nc(-c6ccc7ccccc7c6)n5)cn4)cc3)cc(-c3ccccc3-c3ccc(-c4ccc(-c5nc(-c6ccc7ccccc7c6)nc(-c6ccc7ccccc7c6)n5)cn4)cc3)c2)c(-c2ccc(-c3ccc(-c4nc(-c5ccc6ccccc6c5)nc(-c5ccc6ccccc6c5)n4)cn3)cc2)c1. The number of hydrogen-bond donors (Lipinski definition) is 0. The Morgan fingerprint density at radius 2 is 0.254 bits per heavy atom. The Labute approximate surface area is 795 Å². The number of nitrogens with zero attached hydrogens (tertiary/aromatic N) is 12. The summed E-state index contributed by atoms with van der Waals surface area (Å²) in [6, 6.07) is 160. The predicted molar refractivity (Wildman–Crippen MR) is 563 cm³/mol. The molecule has 0 atom stereocenters. The first-order valence-electron chi connectivity index (χ1n) is 46.1. The van der Waals surface area contributed by atoms with E-state index in [9.17, 15) is 0 Å². The minimum atomic E-state index is 0.537. The quantitative estimate of drug-likeness (QED) is 0.0803. The monoisotopic (exact) mass is 1760 g/mol. The third-order valence-electron chi connectivity index (χ3n) is 26.1. The van der Waals surface area contributed by atoms with Gasteiger partial charge in [-0.2, -0.15) is 0 Å². The zero-order chi connectivity index (χ0) is 91.4. The van der Waals surface area contributed by atoms with E-state index in [1.165, 1.54) is 0 Å². The third kappa shape index (κ3) is 16.0. The topological polar surface area (TPSA) is 155 Å². The highest BCUT2D eigenvalue weighted by molar-refractivity contribution is 5.98. The summed E-state index contributed by atoms with van der Waals surface area (Å²) in [5, 5.41) is 13.5. The van der Waals surface area contributed by atoms with Crippen molar-refractivity contribution >= 4 is 64.6 Å². The van der Waals surface area contributed by atoms with Crippen molar-refractivity contribution in [1.82, 2.24) is 59.8 Å². The van der Waals surface area contributed by atoms with Gasteiger partial charge in [0.15, 0.2) is 52.4 Å². The minimum absolute atomic E-state index is 0.537. The molecule has 6 heterocycles. The molecule has 25 aromatic rings. The first-order chi connectivity index (χ1) is 68.2. The van der Waals surface area contributed by atoms with Crippen LogP contribution in [0.25, 0.3) is 268 Å². The lowest BCUT2D eigenvalue weighted by Gasteiger charge is -2.18. The first kappa shape index (κ1) is 81.2. The van der Waals surface area contributed by atoms with E-state index in [-0.39, 0.29) is 0 Å². The highest BCUT2D eigenvalue weighted by atomic mass is 15.1. The smallest absolute Gasteiger partial charge is 0.165 e. The number of hydrogen-bond acceptors (Lipinski definition) is 12. The average Bonchev–Trinajstić information content (AvgIpc) is 0.784. The molecule has 0 unspecified atom stereocenters. The van der Waals surface area contributed by atoms with Crippen LogP contribution in [0, 0.1) is 0 Å². The molecule has 0 amide bonds. The van der Waals surface area contributed by atoms with Crippen LogP contribution in [0.2, 0.25) is 0 Å². The molecule has 0 bridgehead atoms. The van der Waals surface area contributed by atoms with Gasteiger partial charge in [-0.15, -0.1) is 0 Å². The van der Waals surface area contributed by atoms with Gasteiger partial charge in [-0.25, -0.2) is 44.9 Å². The maximum Gasteiger partial charge on any atom is 0.165 e. The van der Waals surface area contributed by atoms with Gasteiger partial charge in [0.25, 0.3) is 0 Å². The van der Waals surface area contributed by atoms with Gasteiger partial charge in [-0.05, 0) is 222 Å². The molecule has 0 N–H and O–H groups in total. The second-order valence-corrected chi connectivity index (χ2v) is 34.8. The molecule has 0 fully saturated rings. The number of fused-ring (bicyclic) bond motifs is 6. The molecule has 12 nitrogen and oxygen atoms in total. The molecule has 0 aliphatic rings. The molecule has 138 heavy (non-hydrogen) atoms. The number of rotatable bonds is 18. The second-order valence-electron chi connectivity index (χ2n) is 34.8. The lowest BCUT2D eigenvalue weighted by Crippen LogP contribution is -2.00. The fourth-order valence-electron chi connectivity index (χ4n) is 18.9. The Balaban J connectivity index is 0.547. The molecule has 19 aromatic carbocycles. The Morgan fingerprint density at radius 1 is 0.101 bits per heavy atom. The van der Waals surface area contributed by atoms with E-state index in [0.717, 1.165) is 215 Å². The van der Waals surface area contributed by atoms with Crippen LogP contribution in [0.3, 0.4) is 0 Å². The van der Waals surface area contributed by atoms with Crippen molar-refractivity contribution in [3.8, 4) is 203 Å². The summed E-state index contributed by atoms with van der Waals surface area (Å²) in [6.07, 6.45) is 5.62. The number of pyridine rings is 3. The zero-order valence-electron chi connectivity index (χ0n) is 74.4. The van der Waals surface area contributed by atoms with Crippen molar-refractivity contribution in [2.45, 2.75) is 0 Å².